The van der Waals surface area contributed by atoms with Crippen LogP contribution in [0.4, 0.5) is 0 Å². The Bertz CT molecular complexity index is 3900. The Labute approximate surface area is 368 Å². The molecule has 0 amide bonds. The summed E-state index contributed by atoms with van der Waals surface area (Å²) in [6, 6.07) is 80.0. The van der Waals surface area contributed by atoms with Gasteiger partial charge < -0.3 is 9.13 Å². The van der Waals surface area contributed by atoms with E-state index in [0.29, 0.717) is 17.5 Å². The average Bonchev–Trinajstić information content (AvgIpc) is 3.88. The zero-order valence-electron chi connectivity index (χ0n) is 34.6. The third kappa shape index (κ3) is 5.83. The van der Waals surface area contributed by atoms with Crippen molar-refractivity contribution in [2.75, 3.05) is 0 Å². The van der Waals surface area contributed by atoms with Crippen molar-refractivity contribution in [3.63, 3.8) is 0 Å². The van der Waals surface area contributed by atoms with Gasteiger partial charge in [-0.05, 0) is 87.9 Å². The first kappa shape index (κ1) is 36.0. The molecule has 0 saturated carbocycles. The van der Waals surface area contributed by atoms with E-state index >= 15 is 0 Å². The summed E-state index contributed by atoms with van der Waals surface area (Å²) in [4.78, 5) is 15.2. The third-order valence-electron chi connectivity index (χ3n) is 12.7. The highest BCUT2D eigenvalue weighted by molar-refractivity contribution is 6.16. The van der Waals surface area contributed by atoms with Gasteiger partial charge in [0.05, 0.1) is 27.8 Å². The highest BCUT2D eigenvalue weighted by Crippen LogP contribution is 2.40. The van der Waals surface area contributed by atoms with Crippen molar-refractivity contribution >= 4 is 65.2 Å². The Balaban J connectivity index is 0.953. The molecule has 0 aliphatic rings. The van der Waals surface area contributed by atoms with Gasteiger partial charge in [-0.2, -0.15) is 0 Å². The van der Waals surface area contributed by atoms with Crippen LogP contribution in [0, 0.1) is 0 Å². The number of hydrogen-bond donors (Lipinski definition) is 0. The van der Waals surface area contributed by atoms with Crippen LogP contribution in [-0.2, 0) is 0 Å². The molecule has 0 radical (unpaired) electrons. The average molecular weight is 816 g/mol. The zero-order chi connectivity index (χ0) is 42.1. The molecule has 0 bridgehead atoms. The standard InChI is InChI=1S/C59H37N5/c1-3-15-38(16-4-1)40-19-13-21-44(33-40)58-60-57(39-17-5-2-6-18-39)61-59(62-58)45-30-29-42-35-46(32-31-41(42)34-45)63-52-25-10-9-24-49(52)51-36-43-20-14-28-55(50(43)37-56(51)63)64-53-26-11-7-22-47(53)48-23-8-12-27-54(48)64/h1-37H. The molecule has 13 rings (SSSR count). The SMILES string of the molecule is c1ccc(-c2cccc(-c3nc(-c4ccccc4)nc(-c4ccc5cc(-n6c7ccccc7c7cc8cccc(-n9c%10ccccc%10c%10ccccc%109)c8cc76)ccc5c4)n3)c2)cc1. The van der Waals surface area contributed by atoms with Gasteiger partial charge >= 0.3 is 0 Å². The van der Waals surface area contributed by atoms with E-state index in [9.17, 15) is 0 Å². The number of para-hydroxylation sites is 3. The molecule has 5 heteroatoms. The van der Waals surface area contributed by atoms with Crippen molar-refractivity contribution in [2.24, 2.45) is 0 Å². The molecule has 10 aromatic carbocycles. The minimum Gasteiger partial charge on any atom is -0.309 e. The molecular formula is C59H37N5. The number of benzene rings is 10. The van der Waals surface area contributed by atoms with Crippen molar-refractivity contribution in [1.29, 1.82) is 0 Å². The van der Waals surface area contributed by atoms with Gasteiger partial charge in [0.15, 0.2) is 17.5 Å². The van der Waals surface area contributed by atoms with Crippen LogP contribution in [0.1, 0.15) is 0 Å². The Kier molecular flexibility index (Phi) is 8.15. The van der Waals surface area contributed by atoms with E-state index in [0.717, 1.165) is 44.3 Å². The highest BCUT2D eigenvalue weighted by atomic mass is 15.0. The van der Waals surface area contributed by atoms with Crippen LogP contribution in [0.5, 0.6) is 0 Å². The molecule has 0 fully saturated rings. The number of fused-ring (bicyclic) bond motifs is 8. The van der Waals surface area contributed by atoms with Crippen LogP contribution < -0.4 is 0 Å². The summed E-state index contributed by atoms with van der Waals surface area (Å²) in [5, 5.41) is 9.62. The molecule has 0 aliphatic heterocycles. The maximum Gasteiger partial charge on any atom is 0.164 e. The summed E-state index contributed by atoms with van der Waals surface area (Å²) >= 11 is 0. The molecule has 0 spiro atoms. The van der Waals surface area contributed by atoms with E-state index in [1.54, 1.807) is 0 Å². The first-order valence-corrected chi connectivity index (χ1v) is 21.7. The molecular weight excluding hydrogens is 779 g/mol. The number of hydrogen-bond acceptors (Lipinski definition) is 3. The van der Waals surface area contributed by atoms with Gasteiger partial charge in [0.1, 0.15) is 0 Å². The Hall–Kier alpha value is -8.67. The van der Waals surface area contributed by atoms with Crippen LogP contribution in [0.3, 0.4) is 0 Å². The van der Waals surface area contributed by atoms with E-state index in [2.05, 4.69) is 197 Å². The van der Waals surface area contributed by atoms with Gasteiger partial charge in [0.25, 0.3) is 0 Å². The van der Waals surface area contributed by atoms with Crippen molar-refractivity contribution < 1.29 is 0 Å². The summed E-state index contributed by atoms with van der Waals surface area (Å²) in [5.41, 5.74) is 12.1. The van der Waals surface area contributed by atoms with E-state index in [4.69, 9.17) is 15.0 Å². The number of rotatable bonds is 6. The van der Waals surface area contributed by atoms with Crippen molar-refractivity contribution in [3.05, 3.63) is 224 Å². The second-order valence-corrected chi connectivity index (χ2v) is 16.5. The lowest BCUT2D eigenvalue weighted by Gasteiger charge is -2.14. The molecule has 3 aromatic heterocycles. The fraction of sp³-hybridized carbons (Fsp3) is 0. The molecule has 0 N–H and O–H groups in total. The predicted molar refractivity (Wildman–Crippen MR) is 265 cm³/mol. The topological polar surface area (TPSA) is 48.5 Å². The molecule has 0 unspecified atom stereocenters. The smallest absolute Gasteiger partial charge is 0.164 e. The monoisotopic (exact) mass is 815 g/mol. The summed E-state index contributed by atoms with van der Waals surface area (Å²) in [5.74, 6) is 1.91. The molecule has 0 atom stereocenters. The molecule has 298 valence electrons. The first-order chi connectivity index (χ1) is 31.7. The van der Waals surface area contributed by atoms with Gasteiger partial charge in [0, 0.05) is 49.3 Å². The summed E-state index contributed by atoms with van der Waals surface area (Å²) in [7, 11) is 0. The summed E-state index contributed by atoms with van der Waals surface area (Å²) in [6.45, 7) is 0. The first-order valence-electron chi connectivity index (χ1n) is 21.7. The highest BCUT2D eigenvalue weighted by Gasteiger charge is 2.19. The summed E-state index contributed by atoms with van der Waals surface area (Å²) in [6.07, 6.45) is 0. The lowest BCUT2D eigenvalue weighted by atomic mass is 10.0. The van der Waals surface area contributed by atoms with E-state index in [-0.39, 0.29) is 0 Å². The second-order valence-electron chi connectivity index (χ2n) is 16.5. The lowest BCUT2D eigenvalue weighted by molar-refractivity contribution is 1.07. The van der Waals surface area contributed by atoms with E-state index < -0.39 is 0 Å². The minimum absolute atomic E-state index is 0.633. The van der Waals surface area contributed by atoms with E-state index in [1.807, 2.05) is 36.4 Å². The van der Waals surface area contributed by atoms with Crippen molar-refractivity contribution in [1.82, 2.24) is 24.1 Å². The van der Waals surface area contributed by atoms with E-state index in [1.165, 1.54) is 60.1 Å². The van der Waals surface area contributed by atoms with Gasteiger partial charge in [-0.25, -0.2) is 15.0 Å². The molecule has 3 heterocycles. The van der Waals surface area contributed by atoms with Crippen molar-refractivity contribution in [2.45, 2.75) is 0 Å². The van der Waals surface area contributed by atoms with Crippen LogP contribution >= 0.6 is 0 Å². The lowest BCUT2D eigenvalue weighted by Crippen LogP contribution is -2.00. The number of aromatic nitrogens is 5. The van der Waals surface area contributed by atoms with Crippen LogP contribution in [-0.4, -0.2) is 24.1 Å². The Morgan fingerprint density at radius 2 is 0.766 bits per heavy atom. The fourth-order valence-electron chi connectivity index (χ4n) is 9.71. The molecule has 64 heavy (non-hydrogen) atoms. The normalized spacial score (nSPS) is 11.8. The minimum atomic E-state index is 0.633. The second kappa shape index (κ2) is 14.5. The number of nitrogens with zero attached hydrogens (tertiary/aromatic N) is 5. The summed E-state index contributed by atoms with van der Waals surface area (Å²) < 4.78 is 4.85. The molecule has 5 nitrogen and oxygen atoms in total. The van der Waals surface area contributed by atoms with Gasteiger partial charge in [0.2, 0.25) is 0 Å². The molecule has 0 aliphatic carbocycles. The Morgan fingerprint density at radius 1 is 0.250 bits per heavy atom. The van der Waals surface area contributed by atoms with Crippen LogP contribution in [0.25, 0.3) is 122 Å². The maximum atomic E-state index is 5.12. The largest absolute Gasteiger partial charge is 0.309 e. The molecule has 0 saturated heterocycles. The quantitative estimate of drug-likeness (QED) is 0.168. The van der Waals surface area contributed by atoms with Gasteiger partial charge in [-0.3, -0.25) is 0 Å². The molecule has 13 aromatic rings. The maximum absolute atomic E-state index is 5.12. The van der Waals surface area contributed by atoms with Gasteiger partial charge in [-0.1, -0.05) is 164 Å². The zero-order valence-corrected chi connectivity index (χ0v) is 34.6. The third-order valence-corrected chi connectivity index (χ3v) is 12.7. The van der Waals surface area contributed by atoms with Crippen LogP contribution in [0.2, 0.25) is 0 Å². The predicted octanol–water partition coefficient (Wildman–Crippen LogP) is 15.0. The van der Waals surface area contributed by atoms with Crippen molar-refractivity contribution in [3.8, 4) is 56.7 Å². The fourth-order valence-corrected chi connectivity index (χ4v) is 9.71. The Morgan fingerprint density at radius 3 is 1.47 bits per heavy atom. The van der Waals surface area contributed by atoms with Crippen LogP contribution in [0.15, 0.2) is 224 Å². The van der Waals surface area contributed by atoms with Gasteiger partial charge in [-0.15, -0.1) is 0 Å².